The zero-order chi connectivity index (χ0) is 47.0. The SMILES string of the molecule is CO[C@H]1C[C@@H]2CC[C@@H](C)[C@@](O)(O2)C(=O)C(=O)N2CCCC3[C@H]2C(=O)O[C@@H](CC(=O)[C@H](C)/C=C(\C)[C@@H](O)[C@@H](OC)C(=O)[C@H](C)C[C@H](C)/C=C/C=C/C=C/1C)[C@H]3C[C@@H]1CC[C@@H](O)[C@H](OC)C1. The molecule has 3 saturated heterocycles. The molecule has 14 nitrogen and oxygen atoms in total. The Morgan fingerprint density at radius 1 is 0.844 bits per heavy atom. The number of amides is 1. The predicted molar refractivity (Wildman–Crippen MR) is 238 cm³/mol. The highest BCUT2D eigenvalue weighted by molar-refractivity contribution is 6.39. The fraction of sp³-hybridized carbons (Fsp3) is 0.740. The number of aliphatic hydroxyl groups is 3. The van der Waals surface area contributed by atoms with Crippen LogP contribution in [0.15, 0.2) is 47.6 Å². The van der Waals surface area contributed by atoms with Crippen molar-refractivity contribution in [3.63, 3.8) is 0 Å². The van der Waals surface area contributed by atoms with Crippen molar-refractivity contribution in [1.82, 2.24) is 4.90 Å². The Labute approximate surface area is 379 Å². The molecule has 1 aliphatic carbocycles. The van der Waals surface area contributed by atoms with Gasteiger partial charge in [-0.1, -0.05) is 64.2 Å². The number of hydrogen-bond acceptors (Lipinski definition) is 13. The number of Topliss-reactive ketones (excluding diaryl/α,β-unsaturated/α-hetero) is 3. The molecule has 1 unspecified atom stereocenters. The van der Waals surface area contributed by atoms with Crippen LogP contribution in [-0.4, -0.2) is 132 Å². The zero-order valence-electron chi connectivity index (χ0n) is 39.5. The van der Waals surface area contributed by atoms with Gasteiger partial charge in [0, 0.05) is 64.4 Å². The summed E-state index contributed by atoms with van der Waals surface area (Å²) < 4.78 is 29.4. The minimum absolute atomic E-state index is 0.0231. The first-order valence-electron chi connectivity index (χ1n) is 23.5. The van der Waals surface area contributed by atoms with E-state index in [1.54, 1.807) is 41.1 Å². The molecule has 0 spiro atoms. The molecule has 358 valence electrons. The highest BCUT2D eigenvalue weighted by Crippen LogP contribution is 2.45. The van der Waals surface area contributed by atoms with Gasteiger partial charge in [-0.15, -0.1) is 0 Å². The van der Waals surface area contributed by atoms with E-state index in [4.69, 9.17) is 23.7 Å². The fourth-order valence-corrected chi connectivity index (χ4v) is 10.9. The van der Waals surface area contributed by atoms with Gasteiger partial charge in [0.05, 0.1) is 24.4 Å². The smallest absolute Gasteiger partial charge is 0.329 e. The predicted octanol–water partition coefficient (Wildman–Crippen LogP) is 5.40. The lowest BCUT2D eigenvalue weighted by Crippen LogP contribution is -2.65. The first kappa shape index (κ1) is 51.6. The molecule has 5 rings (SSSR count). The Morgan fingerprint density at radius 3 is 2.27 bits per heavy atom. The lowest BCUT2D eigenvalue weighted by molar-refractivity contribution is -0.266. The number of methoxy groups -OCH3 is 3. The molecule has 4 heterocycles. The number of hydrogen-bond donors (Lipinski definition) is 3. The van der Waals surface area contributed by atoms with Crippen LogP contribution >= 0.6 is 0 Å². The summed E-state index contributed by atoms with van der Waals surface area (Å²) in [6.45, 7) is 10.9. The van der Waals surface area contributed by atoms with E-state index < -0.39 is 95.7 Å². The van der Waals surface area contributed by atoms with Crippen LogP contribution in [0.3, 0.4) is 0 Å². The number of ketones is 3. The average molecular weight is 898 g/mol. The molecule has 5 aliphatic rings. The standard InChI is InChI=1S/C50H75NO13/c1-28-14-11-10-12-15-29(2)40(60-7)26-35-19-17-33(6)50(59,64-35)47(56)48(57)51-21-13-16-36-37(24-34-18-20-38(52)42(25-34)61-8)41(63-49(58)43(36)51)27-39(53)30(3)23-32(5)45(55)46(62-9)44(54)31(4)22-28/h10-12,14-15,23,28,30-31,33-38,40-43,45-46,52,55,59H,13,16-22,24-27H2,1-9H3/b12-10+,14-11+,29-15+,32-23+/t28-,30-,31-,33-,34+,35+,36?,37+,38-,40+,41+,42-,43+,45-,46+,50-/m1/s1. The van der Waals surface area contributed by atoms with Crippen molar-refractivity contribution in [3.8, 4) is 0 Å². The lowest BCUT2D eigenvalue weighted by atomic mass is 9.68. The third-order valence-electron chi connectivity index (χ3n) is 14.9. The lowest BCUT2D eigenvalue weighted by Gasteiger charge is -2.50. The van der Waals surface area contributed by atoms with Gasteiger partial charge in [-0.3, -0.25) is 19.2 Å². The number of allylic oxidation sites excluding steroid dienone is 6. The van der Waals surface area contributed by atoms with Gasteiger partial charge < -0.3 is 43.9 Å². The topological polar surface area (TPSA) is 195 Å². The molecule has 0 radical (unpaired) electrons. The normalized spacial score (nSPS) is 43.2. The summed E-state index contributed by atoms with van der Waals surface area (Å²) in [5.41, 5.74) is 1.28. The number of aliphatic hydroxyl groups excluding tert-OH is 2. The highest BCUT2D eigenvalue weighted by atomic mass is 16.6. The van der Waals surface area contributed by atoms with E-state index in [1.807, 2.05) is 51.2 Å². The summed E-state index contributed by atoms with van der Waals surface area (Å²) in [6.07, 6.45) is 10.8. The Kier molecular flexibility index (Phi) is 18.5. The average Bonchev–Trinajstić information content (AvgIpc) is 3.27. The minimum Gasteiger partial charge on any atom is -0.460 e. The number of nitrogens with zero attached hydrogens (tertiary/aromatic N) is 1. The first-order valence-corrected chi connectivity index (χ1v) is 23.5. The second kappa shape index (κ2) is 22.9. The van der Waals surface area contributed by atoms with Crippen molar-refractivity contribution in [2.75, 3.05) is 27.9 Å². The van der Waals surface area contributed by atoms with Gasteiger partial charge in [0.25, 0.3) is 11.7 Å². The number of esters is 1. The third-order valence-corrected chi connectivity index (χ3v) is 14.9. The van der Waals surface area contributed by atoms with Crippen LogP contribution in [0, 0.1) is 41.4 Å². The van der Waals surface area contributed by atoms with Crippen LogP contribution in [-0.2, 0) is 47.7 Å². The van der Waals surface area contributed by atoms with Crippen LogP contribution < -0.4 is 0 Å². The molecule has 4 aliphatic heterocycles. The van der Waals surface area contributed by atoms with E-state index >= 15 is 0 Å². The summed E-state index contributed by atoms with van der Waals surface area (Å²) in [5.74, 6) is -8.43. The van der Waals surface area contributed by atoms with Gasteiger partial charge in [-0.05, 0) is 101 Å². The molecule has 6 bridgehead atoms. The van der Waals surface area contributed by atoms with Crippen LogP contribution in [0.1, 0.15) is 112 Å². The van der Waals surface area contributed by atoms with E-state index in [-0.39, 0.29) is 42.5 Å². The monoisotopic (exact) mass is 898 g/mol. The van der Waals surface area contributed by atoms with Crippen molar-refractivity contribution >= 4 is 29.2 Å². The number of ether oxygens (including phenoxy) is 5. The summed E-state index contributed by atoms with van der Waals surface area (Å²) in [4.78, 5) is 72.0. The molecule has 1 saturated carbocycles. The van der Waals surface area contributed by atoms with Gasteiger partial charge in [-0.2, -0.15) is 0 Å². The maximum atomic E-state index is 14.4. The van der Waals surface area contributed by atoms with Gasteiger partial charge in [0.15, 0.2) is 5.78 Å². The van der Waals surface area contributed by atoms with Gasteiger partial charge >= 0.3 is 5.97 Å². The van der Waals surface area contributed by atoms with E-state index in [9.17, 15) is 39.3 Å². The number of carbonyl (C=O) groups excluding carboxylic acids is 5. The molecule has 3 N–H and O–H groups in total. The summed E-state index contributed by atoms with van der Waals surface area (Å²) in [6, 6.07) is -1.12. The second-order valence-electron chi connectivity index (χ2n) is 19.5. The van der Waals surface area contributed by atoms with Crippen molar-refractivity contribution in [2.24, 2.45) is 41.4 Å². The van der Waals surface area contributed by atoms with E-state index in [1.165, 1.54) is 12.0 Å². The molecule has 16 atom stereocenters. The molecule has 0 aromatic carbocycles. The van der Waals surface area contributed by atoms with E-state index in [0.29, 0.717) is 69.8 Å². The summed E-state index contributed by atoms with van der Waals surface area (Å²) in [5, 5.41) is 34.1. The summed E-state index contributed by atoms with van der Waals surface area (Å²) in [7, 11) is 4.52. The van der Waals surface area contributed by atoms with Crippen molar-refractivity contribution in [2.45, 2.75) is 167 Å². The zero-order valence-corrected chi connectivity index (χ0v) is 39.5. The Morgan fingerprint density at radius 2 is 1.58 bits per heavy atom. The first-order chi connectivity index (χ1) is 30.3. The maximum absolute atomic E-state index is 14.4. The van der Waals surface area contributed by atoms with Crippen LogP contribution in [0.25, 0.3) is 0 Å². The number of carbonyl (C=O) groups is 5. The Bertz CT molecular complexity index is 1790. The van der Waals surface area contributed by atoms with E-state index in [0.717, 1.165) is 5.57 Å². The molecule has 0 aromatic heterocycles. The fourth-order valence-electron chi connectivity index (χ4n) is 10.9. The number of rotatable bonds is 5. The van der Waals surface area contributed by atoms with Crippen LogP contribution in [0.2, 0.25) is 0 Å². The largest absolute Gasteiger partial charge is 0.460 e. The molecular weight excluding hydrogens is 823 g/mol. The van der Waals surface area contributed by atoms with Crippen molar-refractivity contribution in [3.05, 3.63) is 47.6 Å². The maximum Gasteiger partial charge on any atom is 0.329 e. The Hall–Kier alpha value is -3.37. The molecule has 1 amide bonds. The van der Waals surface area contributed by atoms with E-state index in [2.05, 4.69) is 0 Å². The van der Waals surface area contributed by atoms with Crippen molar-refractivity contribution < 1.29 is 63.0 Å². The Balaban J connectivity index is 1.51. The van der Waals surface area contributed by atoms with Gasteiger partial charge in [-0.25, -0.2) is 4.79 Å². The second-order valence-corrected chi connectivity index (χ2v) is 19.5. The van der Waals surface area contributed by atoms with Crippen LogP contribution in [0.5, 0.6) is 0 Å². The number of fused-ring (bicyclic) bond motifs is 3. The quantitative estimate of drug-likeness (QED) is 0.181. The molecule has 4 fully saturated rings. The molecule has 14 heteroatoms. The van der Waals surface area contributed by atoms with Gasteiger partial charge in [0.2, 0.25) is 5.79 Å². The van der Waals surface area contributed by atoms with Gasteiger partial charge in [0.1, 0.15) is 30.1 Å². The minimum atomic E-state index is -2.43. The highest BCUT2D eigenvalue weighted by Gasteiger charge is 2.57. The number of piperidine rings is 1. The van der Waals surface area contributed by atoms with Crippen molar-refractivity contribution in [1.29, 1.82) is 0 Å². The summed E-state index contributed by atoms with van der Waals surface area (Å²) >= 11 is 0. The molecule has 0 aromatic rings. The molecule has 64 heavy (non-hydrogen) atoms. The third kappa shape index (κ3) is 12.0. The van der Waals surface area contributed by atoms with Crippen LogP contribution in [0.4, 0.5) is 0 Å². The molecular formula is C50H75NO13.